The molecule has 1 aliphatic carbocycles. The minimum absolute atomic E-state index is 0.0889. The maximum Gasteiger partial charge on any atom is 0.305 e. The van der Waals surface area contributed by atoms with E-state index in [0.29, 0.717) is 12.8 Å². The number of benzene rings is 1. The predicted octanol–water partition coefficient (Wildman–Crippen LogP) is 1.92. The van der Waals surface area contributed by atoms with Crippen molar-refractivity contribution in [2.24, 2.45) is 0 Å². The standard InChI is InChI=1S/C15H19NO5/c1-21-11-6-4-5-10(13(11)19)14(20)16-15(9-12(17)18)7-2-3-8-15/h4-6,19H,2-3,7-9H2,1H3,(H,16,20)(H,17,18). The number of hydrogen-bond donors (Lipinski definition) is 3. The first kappa shape index (κ1) is 15.2. The molecule has 1 fully saturated rings. The van der Waals surface area contributed by atoms with Gasteiger partial charge in [-0.1, -0.05) is 18.9 Å². The number of methoxy groups -OCH3 is 1. The number of carboxylic acid groups (broad SMARTS) is 1. The van der Waals surface area contributed by atoms with E-state index in [9.17, 15) is 14.7 Å². The number of carbonyl (C=O) groups is 2. The van der Waals surface area contributed by atoms with Gasteiger partial charge in [0.25, 0.3) is 5.91 Å². The molecule has 21 heavy (non-hydrogen) atoms. The summed E-state index contributed by atoms with van der Waals surface area (Å²) < 4.78 is 4.97. The van der Waals surface area contributed by atoms with Gasteiger partial charge in [-0.2, -0.15) is 0 Å². The van der Waals surface area contributed by atoms with Crippen molar-refractivity contribution in [1.82, 2.24) is 5.32 Å². The number of ether oxygens (including phenoxy) is 1. The molecule has 6 nitrogen and oxygen atoms in total. The molecule has 1 saturated carbocycles. The summed E-state index contributed by atoms with van der Waals surface area (Å²) in [7, 11) is 1.40. The molecule has 1 aromatic rings. The normalized spacial score (nSPS) is 16.4. The highest BCUT2D eigenvalue weighted by molar-refractivity contribution is 5.98. The van der Waals surface area contributed by atoms with E-state index in [1.54, 1.807) is 12.1 Å². The van der Waals surface area contributed by atoms with Crippen LogP contribution in [-0.2, 0) is 4.79 Å². The number of aromatic hydroxyl groups is 1. The molecule has 6 heteroatoms. The Morgan fingerprint density at radius 1 is 1.33 bits per heavy atom. The lowest BCUT2D eigenvalue weighted by molar-refractivity contribution is -0.138. The highest BCUT2D eigenvalue weighted by Gasteiger charge is 2.38. The molecule has 0 atom stereocenters. The topological polar surface area (TPSA) is 95.9 Å². The van der Waals surface area contributed by atoms with Crippen LogP contribution in [0.5, 0.6) is 11.5 Å². The molecule has 3 N–H and O–H groups in total. The smallest absolute Gasteiger partial charge is 0.305 e. The summed E-state index contributed by atoms with van der Waals surface area (Å²) in [5.74, 6) is -1.44. The van der Waals surface area contributed by atoms with Gasteiger partial charge in [-0.15, -0.1) is 0 Å². The van der Waals surface area contributed by atoms with Crippen molar-refractivity contribution in [1.29, 1.82) is 0 Å². The van der Waals surface area contributed by atoms with E-state index < -0.39 is 17.4 Å². The van der Waals surface area contributed by atoms with Crippen molar-refractivity contribution in [2.45, 2.75) is 37.6 Å². The van der Waals surface area contributed by atoms with Crippen molar-refractivity contribution < 1.29 is 24.5 Å². The van der Waals surface area contributed by atoms with Crippen LogP contribution in [0.4, 0.5) is 0 Å². The summed E-state index contributed by atoms with van der Waals surface area (Å²) in [5.41, 5.74) is -0.635. The van der Waals surface area contributed by atoms with Crippen LogP contribution in [-0.4, -0.2) is 34.7 Å². The third-order valence-corrected chi connectivity index (χ3v) is 3.89. The monoisotopic (exact) mass is 293 g/mol. The second-order valence-electron chi connectivity index (χ2n) is 5.37. The Kier molecular flexibility index (Phi) is 4.35. The highest BCUT2D eigenvalue weighted by atomic mass is 16.5. The first-order valence-electron chi connectivity index (χ1n) is 6.88. The van der Waals surface area contributed by atoms with E-state index in [1.165, 1.54) is 13.2 Å². The molecule has 0 radical (unpaired) electrons. The molecule has 114 valence electrons. The number of carboxylic acids is 1. The molecular weight excluding hydrogens is 274 g/mol. The van der Waals surface area contributed by atoms with Gasteiger partial charge in [-0.25, -0.2) is 0 Å². The molecule has 0 saturated heterocycles. The number of aliphatic carboxylic acids is 1. The average Bonchev–Trinajstić information content (AvgIpc) is 2.86. The quantitative estimate of drug-likeness (QED) is 0.770. The molecule has 0 aromatic heterocycles. The van der Waals surface area contributed by atoms with Gasteiger partial charge in [-0.05, 0) is 25.0 Å². The lowest BCUT2D eigenvalue weighted by atomic mass is 9.92. The second-order valence-corrected chi connectivity index (χ2v) is 5.37. The maximum absolute atomic E-state index is 12.4. The van der Waals surface area contributed by atoms with Gasteiger partial charge in [0.1, 0.15) is 0 Å². The largest absolute Gasteiger partial charge is 0.504 e. The molecule has 0 bridgehead atoms. The summed E-state index contributed by atoms with van der Waals surface area (Å²) in [6.45, 7) is 0. The number of phenolic OH excluding ortho intramolecular Hbond substituents is 1. The highest BCUT2D eigenvalue weighted by Crippen LogP contribution is 2.34. The molecule has 0 unspecified atom stereocenters. The Morgan fingerprint density at radius 2 is 2.00 bits per heavy atom. The first-order valence-corrected chi connectivity index (χ1v) is 6.88. The fourth-order valence-corrected chi connectivity index (χ4v) is 2.87. The minimum Gasteiger partial charge on any atom is -0.504 e. The van der Waals surface area contributed by atoms with Gasteiger partial charge in [0, 0.05) is 0 Å². The number of amides is 1. The Hall–Kier alpha value is -2.24. The molecule has 0 aliphatic heterocycles. The summed E-state index contributed by atoms with van der Waals surface area (Å²) in [6, 6.07) is 4.64. The lowest BCUT2D eigenvalue weighted by Gasteiger charge is -2.28. The zero-order valence-corrected chi connectivity index (χ0v) is 11.9. The molecule has 0 spiro atoms. The number of nitrogens with one attached hydrogen (secondary N) is 1. The summed E-state index contributed by atoms with van der Waals surface area (Å²) in [4.78, 5) is 23.4. The van der Waals surface area contributed by atoms with Gasteiger partial charge in [0.15, 0.2) is 11.5 Å². The summed E-state index contributed by atoms with van der Waals surface area (Å²) in [5, 5.41) is 21.8. The first-order chi connectivity index (χ1) is 9.97. The Morgan fingerprint density at radius 3 is 2.57 bits per heavy atom. The van der Waals surface area contributed by atoms with E-state index in [2.05, 4.69) is 5.32 Å². The third-order valence-electron chi connectivity index (χ3n) is 3.89. The van der Waals surface area contributed by atoms with E-state index in [4.69, 9.17) is 9.84 Å². The van der Waals surface area contributed by atoms with Crippen molar-refractivity contribution >= 4 is 11.9 Å². The number of rotatable bonds is 5. The van der Waals surface area contributed by atoms with Crippen LogP contribution < -0.4 is 10.1 Å². The predicted molar refractivity (Wildman–Crippen MR) is 75.6 cm³/mol. The van der Waals surface area contributed by atoms with Crippen LogP contribution in [0.3, 0.4) is 0 Å². The van der Waals surface area contributed by atoms with Gasteiger partial charge in [0.2, 0.25) is 0 Å². The second kappa shape index (κ2) is 6.03. The average molecular weight is 293 g/mol. The van der Waals surface area contributed by atoms with Gasteiger partial charge < -0.3 is 20.3 Å². The maximum atomic E-state index is 12.4. The van der Waals surface area contributed by atoms with E-state index in [0.717, 1.165) is 12.8 Å². The molecule has 1 amide bonds. The van der Waals surface area contributed by atoms with E-state index in [-0.39, 0.29) is 23.5 Å². The fraction of sp³-hybridized carbons (Fsp3) is 0.467. The fourth-order valence-electron chi connectivity index (χ4n) is 2.87. The zero-order chi connectivity index (χ0) is 15.5. The Labute approximate surface area is 122 Å². The lowest BCUT2D eigenvalue weighted by Crippen LogP contribution is -2.47. The Bertz CT molecular complexity index is 549. The van der Waals surface area contributed by atoms with Crippen molar-refractivity contribution in [3.8, 4) is 11.5 Å². The van der Waals surface area contributed by atoms with Crippen LogP contribution in [0.15, 0.2) is 18.2 Å². The number of hydrogen-bond acceptors (Lipinski definition) is 4. The van der Waals surface area contributed by atoms with Crippen molar-refractivity contribution in [3.63, 3.8) is 0 Å². The minimum atomic E-state index is -0.938. The van der Waals surface area contributed by atoms with Crippen molar-refractivity contribution in [3.05, 3.63) is 23.8 Å². The zero-order valence-electron chi connectivity index (χ0n) is 11.9. The molecule has 2 rings (SSSR count). The summed E-state index contributed by atoms with van der Waals surface area (Å²) in [6.07, 6.45) is 2.93. The Balaban J connectivity index is 2.22. The van der Waals surface area contributed by atoms with E-state index >= 15 is 0 Å². The summed E-state index contributed by atoms with van der Waals surface area (Å²) >= 11 is 0. The van der Waals surface area contributed by atoms with Crippen molar-refractivity contribution in [2.75, 3.05) is 7.11 Å². The number of phenols is 1. The third kappa shape index (κ3) is 3.26. The SMILES string of the molecule is COc1cccc(C(=O)NC2(CC(=O)O)CCCC2)c1O. The van der Waals surface area contributed by atoms with Crippen LogP contribution in [0, 0.1) is 0 Å². The van der Waals surface area contributed by atoms with Crippen LogP contribution in [0.2, 0.25) is 0 Å². The van der Waals surface area contributed by atoms with Crippen LogP contribution in [0.1, 0.15) is 42.5 Å². The molecule has 1 aliphatic rings. The molecule has 0 heterocycles. The van der Waals surface area contributed by atoms with Crippen LogP contribution in [0.25, 0.3) is 0 Å². The van der Waals surface area contributed by atoms with Gasteiger partial charge in [0.05, 0.1) is 24.6 Å². The molecular formula is C15H19NO5. The van der Waals surface area contributed by atoms with E-state index in [1.807, 2.05) is 0 Å². The van der Waals surface area contributed by atoms with Gasteiger partial charge in [-0.3, -0.25) is 9.59 Å². The molecule has 1 aromatic carbocycles. The van der Waals surface area contributed by atoms with Gasteiger partial charge >= 0.3 is 5.97 Å². The number of para-hydroxylation sites is 1. The van der Waals surface area contributed by atoms with Crippen LogP contribution >= 0.6 is 0 Å². The number of carbonyl (C=O) groups excluding carboxylic acids is 1.